The Balaban J connectivity index is 1.21. The first-order valence-electron chi connectivity index (χ1n) is 9.42. The summed E-state index contributed by atoms with van der Waals surface area (Å²) in [5.41, 5.74) is 3.41. The summed E-state index contributed by atoms with van der Waals surface area (Å²) in [5, 5.41) is 2.09. The molecule has 5 nitrogen and oxygen atoms in total. The average molecular weight is 356 g/mol. The quantitative estimate of drug-likeness (QED) is 0.845. The third-order valence-corrected chi connectivity index (χ3v) is 7.21. The molecule has 1 saturated heterocycles. The molecule has 6 heteroatoms. The second-order valence-electron chi connectivity index (χ2n) is 7.97. The van der Waals surface area contributed by atoms with Gasteiger partial charge in [0.05, 0.1) is 17.7 Å². The largest absolute Gasteiger partial charge is 0.342 e. The Morgan fingerprint density at radius 2 is 2.12 bits per heavy atom. The third kappa shape index (κ3) is 2.71. The summed E-state index contributed by atoms with van der Waals surface area (Å²) in [4.78, 5) is 23.9. The van der Waals surface area contributed by atoms with Gasteiger partial charge < -0.3 is 9.47 Å². The number of amides is 1. The van der Waals surface area contributed by atoms with Crippen molar-refractivity contribution in [3.05, 3.63) is 34.8 Å². The van der Waals surface area contributed by atoms with Gasteiger partial charge in [-0.3, -0.25) is 4.79 Å². The standard InChI is InChI=1S/C19H24N4OS/c24-18(16-10-19(16)4-1-5-19)22-7-2-14(3-8-22)17-20-6-9-23(17)11-15-12-25-13-21-15/h6,9,12-14,16H,1-5,7-8,10-11H2/t16-/m0/s1. The predicted molar refractivity (Wildman–Crippen MR) is 96.4 cm³/mol. The van der Waals surface area contributed by atoms with Crippen molar-refractivity contribution in [3.63, 3.8) is 0 Å². The lowest BCUT2D eigenvalue weighted by molar-refractivity contribution is -0.135. The zero-order chi connectivity index (χ0) is 16.9. The van der Waals surface area contributed by atoms with Crippen LogP contribution < -0.4 is 0 Å². The minimum Gasteiger partial charge on any atom is -0.342 e. The van der Waals surface area contributed by atoms with Gasteiger partial charge in [0.2, 0.25) is 5.91 Å². The van der Waals surface area contributed by atoms with Crippen molar-refractivity contribution >= 4 is 17.2 Å². The maximum atomic E-state index is 12.7. The van der Waals surface area contributed by atoms with Gasteiger partial charge in [-0.05, 0) is 37.5 Å². The van der Waals surface area contributed by atoms with Crippen LogP contribution in [-0.4, -0.2) is 38.4 Å². The fourth-order valence-corrected chi connectivity index (χ4v) is 5.31. The highest BCUT2D eigenvalue weighted by atomic mass is 32.1. The molecule has 2 aliphatic carbocycles. The van der Waals surface area contributed by atoms with Gasteiger partial charge in [-0.25, -0.2) is 9.97 Å². The Labute approximate surface area is 152 Å². The molecule has 3 aliphatic rings. The zero-order valence-corrected chi connectivity index (χ0v) is 15.2. The second-order valence-corrected chi connectivity index (χ2v) is 8.68. The van der Waals surface area contributed by atoms with E-state index in [2.05, 4.69) is 31.0 Å². The summed E-state index contributed by atoms with van der Waals surface area (Å²) in [6.45, 7) is 2.57. The minimum atomic E-state index is 0.351. The van der Waals surface area contributed by atoms with Gasteiger partial charge >= 0.3 is 0 Å². The van der Waals surface area contributed by atoms with E-state index < -0.39 is 0 Å². The van der Waals surface area contributed by atoms with Crippen LogP contribution in [0, 0.1) is 11.3 Å². The number of rotatable bonds is 4. The van der Waals surface area contributed by atoms with Crippen LogP contribution in [0.4, 0.5) is 0 Å². The molecule has 2 aromatic heterocycles. The van der Waals surface area contributed by atoms with Gasteiger partial charge in [-0.15, -0.1) is 11.3 Å². The molecule has 2 saturated carbocycles. The number of hydrogen-bond donors (Lipinski definition) is 0. The molecule has 0 bridgehead atoms. The predicted octanol–water partition coefficient (Wildman–Crippen LogP) is 3.28. The molecule has 1 atom stereocenters. The molecule has 0 N–H and O–H groups in total. The van der Waals surface area contributed by atoms with Crippen LogP contribution in [0.25, 0.3) is 0 Å². The van der Waals surface area contributed by atoms with Crippen LogP contribution >= 0.6 is 11.3 Å². The number of aromatic nitrogens is 3. The number of carbonyl (C=O) groups is 1. The Morgan fingerprint density at radius 3 is 2.76 bits per heavy atom. The van der Waals surface area contributed by atoms with Gasteiger partial charge in [0.25, 0.3) is 0 Å². The number of nitrogens with zero attached hydrogens (tertiary/aromatic N) is 4. The topological polar surface area (TPSA) is 51.0 Å². The summed E-state index contributed by atoms with van der Waals surface area (Å²) < 4.78 is 2.22. The molecule has 0 unspecified atom stereocenters. The molecule has 0 radical (unpaired) electrons. The number of piperidine rings is 1. The Kier molecular flexibility index (Phi) is 3.69. The van der Waals surface area contributed by atoms with Crippen LogP contribution in [0.1, 0.15) is 56.0 Å². The van der Waals surface area contributed by atoms with E-state index in [-0.39, 0.29) is 0 Å². The van der Waals surface area contributed by atoms with Gasteiger partial charge in [-0.2, -0.15) is 0 Å². The molecule has 25 heavy (non-hydrogen) atoms. The third-order valence-electron chi connectivity index (χ3n) is 6.57. The van der Waals surface area contributed by atoms with Crippen LogP contribution in [-0.2, 0) is 11.3 Å². The molecule has 132 valence electrons. The maximum absolute atomic E-state index is 12.7. The van der Waals surface area contributed by atoms with Gasteiger partial charge in [0.1, 0.15) is 5.82 Å². The molecular formula is C19H24N4OS. The van der Waals surface area contributed by atoms with Crippen LogP contribution in [0.5, 0.6) is 0 Å². The Hall–Kier alpha value is -1.69. The van der Waals surface area contributed by atoms with Crippen molar-refractivity contribution in [2.45, 2.75) is 51.0 Å². The number of hydrogen-bond acceptors (Lipinski definition) is 4. The summed E-state index contributed by atoms with van der Waals surface area (Å²) in [6.07, 6.45) is 11.1. The number of imidazole rings is 1. The number of likely N-dealkylation sites (tertiary alicyclic amines) is 1. The molecule has 1 amide bonds. The second kappa shape index (κ2) is 5.94. The summed E-state index contributed by atoms with van der Waals surface area (Å²) >= 11 is 1.63. The first kappa shape index (κ1) is 15.6. The Bertz CT molecular complexity index is 756. The van der Waals surface area contributed by atoms with Crippen LogP contribution in [0.3, 0.4) is 0 Å². The van der Waals surface area contributed by atoms with Gasteiger partial charge in [0, 0.05) is 42.7 Å². The monoisotopic (exact) mass is 356 g/mol. The van der Waals surface area contributed by atoms with Crippen molar-refractivity contribution < 1.29 is 4.79 Å². The van der Waals surface area contributed by atoms with Crippen molar-refractivity contribution in [2.75, 3.05) is 13.1 Å². The highest BCUT2D eigenvalue weighted by Gasteiger charge is 2.61. The van der Waals surface area contributed by atoms with E-state index in [1.54, 1.807) is 11.3 Å². The van der Waals surface area contributed by atoms with E-state index in [1.807, 2.05) is 11.7 Å². The minimum absolute atomic E-state index is 0.351. The summed E-state index contributed by atoms with van der Waals surface area (Å²) in [7, 11) is 0. The fraction of sp³-hybridized carbons (Fsp3) is 0.632. The van der Waals surface area contributed by atoms with Crippen molar-refractivity contribution in [2.24, 2.45) is 11.3 Å². The van der Waals surface area contributed by atoms with Crippen molar-refractivity contribution in [1.82, 2.24) is 19.4 Å². The van der Waals surface area contributed by atoms with E-state index in [0.29, 0.717) is 23.2 Å². The van der Waals surface area contributed by atoms with Crippen molar-refractivity contribution in [1.29, 1.82) is 0 Å². The SMILES string of the molecule is O=C([C@@H]1CC12CCC2)N1CCC(c2nccn2Cc2cscn2)CC1. The maximum Gasteiger partial charge on any atom is 0.226 e. The molecule has 1 spiro atoms. The van der Waals surface area contributed by atoms with Crippen molar-refractivity contribution in [3.8, 4) is 0 Å². The molecule has 3 heterocycles. The molecule has 1 aliphatic heterocycles. The highest BCUT2D eigenvalue weighted by Crippen LogP contribution is 2.66. The van der Waals surface area contributed by atoms with Crippen LogP contribution in [0.15, 0.2) is 23.3 Å². The lowest BCUT2D eigenvalue weighted by Gasteiger charge is -2.34. The first-order valence-corrected chi connectivity index (χ1v) is 10.4. The number of thiazole rings is 1. The molecule has 3 fully saturated rings. The summed E-state index contributed by atoms with van der Waals surface area (Å²) in [5.74, 6) is 2.39. The lowest BCUT2D eigenvalue weighted by atomic mass is 9.79. The van der Waals surface area contributed by atoms with E-state index in [9.17, 15) is 4.79 Å². The highest BCUT2D eigenvalue weighted by molar-refractivity contribution is 7.07. The van der Waals surface area contributed by atoms with Gasteiger partial charge in [0.15, 0.2) is 0 Å². The number of carbonyl (C=O) groups excluding carboxylic acids is 1. The first-order chi connectivity index (χ1) is 12.3. The summed E-state index contributed by atoms with van der Waals surface area (Å²) in [6, 6.07) is 0. The van der Waals surface area contributed by atoms with E-state index in [1.165, 1.54) is 19.3 Å². The Morgan fingerprint density at radius 1 is 1.28 bits per heavy atom. The molecule has 0 aromatic carbocycles. The van der Waals surface area contributed by atoms with E-state index in [0.717, 1.165) is 50.4 Å². The van der Waals surface area contributed by atoms with Crippen LogP contribution in [0.2, 0.25) is 0 Å². The smallest absolute Gasteiger partial charge is 0.226 e. The fourth-order valence-electron chi connectivity index (χ4n) is 4.76. The average Bonchev–Trinajstić information content (AvgIpc) is 2.91. The van der Waals surface area contributed by atoms with Gasteiger partial charge in [-0.1, -0.05) is 6.42 Å². The molecule has 5 rings (SSSR count). The molecular weight excluding hydrogens is 332 g/mol. The zero-order valence-electron chi connectivity index (χ0n) is 14.4. The van der Waals surface area contributed by atoms with E-state index in [4.69, 9.17) is 0 Å². The lowest BCUT2D eigenvalue weighted by Crippen LogP contribution is -2.40. The molecule has 2 aromatic rings. The van der Waals surface area contributed by atoms with E-state index >= 15 is 0 Å². The normalized spacial score (nSPS) is 25.1.